The van der Waals surface area contributed by atoms with Crippen LogP contribution in [0.2, 0.25) is 0 Å². The molecule has 7 heteroatoms. The summed E-state index contributed by atoms with van der Waals surface area (Å²) in [6.07, 6.45) is 0. The van der Waals surface area contributed by atoms with Crippen molar-refractivity contribution in [3.63, 3.8) is 0 Å². The van der Waals surface area contributed by atoms with E-state index in [4.69, 9.17) is 10.5 Å². The van der Waals surface area contributed by atoms with E-state index >= 15 is 0 Å². The molecule has 1 heterocycles. The van der Waals surface area contributed by atoms with E-state index in [2.05, 4.69) is 5.32 Å². The molecule has 3 rings (SSSR count). The van der Waals surface area contributed by atoms with E-state index < -0.39 is 5.91 Å². The third-order valence-corrected chi connectivity index (χ3v) is 4.20. The highest BCUT2D eigenvalue weighted by atomic mass is 19.1. The number of hydrogen-bond acceptors (Lipinski definition) is 4. The third-order valence-electron chi connectivity index (χ3n) is 4.20. The lowest BCUT2D eigenvalue weighted by Gasteiger charge is -2.36. The lowest BCUT2D eigenvalue weighted by molar-refractivity contribution is -0.119. The van der Waals surface area contributed by atoms with Crippen LogP contribution >= 0.6 is 0 Å². The Kier molecular flexibility index (Phi) is 5.48. The number of benzene rings is 2. The highest BCUT2D eigenvalue weighted by molar-refractivity contribution is 5.95. The molecule has 2 aromatic carbocycles. The van der Waals surface area contributed by atoms with Crippen molar-refractivity contribution >= 4 is 11.8 Å². The fourth-order valence-corrected chi connectivity index (χ4v) is 3.00. The van der Waals surface area contributed by atoms with Crippen LogP contribution in [-0.4, -0.2) is 43.0 Å². The van der Waals surface area contributed by atoms with E-state index in [1.54, 1.807) is 35.2 Å². The maximum Gasteiger partial charge on any atom is 0.255 e. The molecule has 2 amide bonds. The zero-order valence-corrected chi connectivity index (χ0v) is 14.2. The fraction of sp³-hybridized carbons (Fsp3) is 0.263. The van der Waals surface area contributed by atoms with Gasteiger partial charge in [0.05, 0.1) is 6.04 Å². The average molecular weight is 357 g/mol. The molecule has 3 N–H and O–H groups in total. The molecule has 2 aromatic rings. The largest absolute Gasteiger partial charge is 0.484 e. The van der Waals surface area contributed by atoms with Crippen LogP contribution in [0, 0.1) is 5.82 Å². The van der Waals surface area contributed by atoms with Crippen molar-refractivity contribution in [2.75, 3.05) is 26.2 Å². The van der Waals surface area contributed by atoms with Gasteiger partial charge in [-0.25, -0.2) is 4.39 Å². The highest BCUT2D eigenvalue weighted by Gasteiger charge is 2.29. The lowest BCUT2D eigenvalue weighted by atomic mass is 10.0. The molecule has 0 aliphatic carbocycles. The molecule has 0 saturated carbocycles. The molecule has 6 nitrogen and oxygen atoms in total. The van der Waals surface area contributed by atoms with E-state index in [0.29, 0.717) is 30.9 Å². The number of carbonyl (C=O) groups excluding carboxylic acids is 2. The Bertz CT molecular complexity index is 812. The smallest absolute Gasteiger partial charge is 0.255 e. The van der Waals surface area contributed by atoms with E-state index in [-0.39, 0.29) is 24.4 Å². The summed E-state index contributed by atoms with van der Waals surface area (Å²) < 4.78 is 18.9. The number of hydrogen-bond donors (Lipinski definition) is 2. The summed E-state index contributed by atoms with van der Waals surface area (Å²) in [6, 6.07) is 12.6. The monoisotopic (exact) mass is 357 g/mol. The van der Waals surface area contributed by atoms with Gasteiger partial charge in [0, 0.05) is 25.2 Å². The van der Waals surface area contributed by atoms with Crippen molar-refractivity contribution < 1.29 is 18.7 Å². The Balaban J connectivity index is 1.82. The number of nitrogens with two attached hydrogens (primary N) is 1. The maximum absolute atomic E-state index is 13.6. The number of ether oxygens (including phenoxy) is 1. The molecule has 1 unspecified atom stereocenters. The van der Waals surface area contributed by atoms with Gasteiger partial charge in [-0.05, 0) is 35.9 Å². The molecular formula is C19H20FN3O3. The number of nitrogens with one attached hydrogen (secondary N) is 1. The van der Waals surface area contributed by atoms with Crippen molar-refractivity contribution in [3.05, 3.63) is 65.5 Å². The number of amides is 2. The Morgan fingerprint density at radius 3 is 2.81 bits per heavy atom. The molecule has 1 atom stereocenters. The third kappa shape index (κ3) is 4.18. The molecule has 26 heavy (non-hydrogen) atoms. The molecule has 0 aromatic heterocycles. The lowest BCUT2D eigenvalue weighted by Crippen LogP contribution is -2.48. The molecule has 1 saturated heterocycles. The minimum atomic E-state index is -0.588. The zero-order chi connectivity index (χ0) is 18.5. The van der Waals surface area contributed by atoms with Crippen molar-refractivity contribution in [1.82, 2.24) is 10.2 Å². The minimum absolute atomic E-state index is 0.176. The predicted molar refractivity (Wildman–Crippen MR) is 94.2 cm³/mol. The van der Waals surface area contributed by atoms with E-state index in [1.807, 2.05) is 6.07 Å². The van der Waals surface area contributed by atoms with Crippen molar-refractivity contribution in [2.45, 2.75) is 6.04 Å². The van der Waals surface area contributed by atoms with Crippen LogP contribution in [0.1, 0.15) is 22.0 Å². The average Bonchev–Trinajstić information content (AvgIpc) is 2.66. The summed E-state index contributed by atoms with van der Waals surface area (Å²) in [6.45, 7) is 1.46. The normalized spacial score (nSPS) is 17.0. The molecule has 0 radical (unpaired) electrons. The van der Waals surface area contributed by atoms with Gasteiger partial charge in [-0.15, -0.1) is 0 Å². The van der Waals surface area contributed by atoms with Gasteiger partial charge in [-0.2, -0.15) is 0 Å². The number of carbonyl (C=O) groups is 2. The minimum Gasteiger partial charge on any atom is -0.484 e. The molecule has 1 aliphatic heterocycles. The fourth-order valence-electron chi connectivity index (χ4n) is 3.00. The van der Waals surface area contributed by atoms with E-state index in [1.165, 1.54) is 12.1 Å². The molecule has 1 fully saturated rings. The van der Waals surface area contributed by atoms with Crippen LogP contribution in [0.5, 0.6) is 5.75 Å². The second-order valence-electron chi connectivity index (χ2n) is 6.06. The number of primary amides is 1. The standard InChI is InChI=1S/C19H20FN3O3/c20-15-5-1-3-13(9-15)17-11-22-7-8-23(17)19(25)14-4-2-6-16(10-14)26-12-18(21)24/h1-6,9-10,17,22H,7-8,11-12H2,(H2,21,24). The van der Waals surface area contributed by atoms with Crippen LogP contribution < -0.4 is 15.8 Å². The molecule has 0 bridgehead atoms. The molecular weight excluding hydrogens is 337 g/mol. The zero-order valence-electron chi connectivity index (χ0n) is 14.2. The van der Waals surface area contributed by atoms with Crippen LogP contribution in [-0.2, 0) is 4.79 Å². The van der Waals surface area contributed by atoms with Gasteiger partial charge in [-0.1, -0.05) is 18.2 Å². The van der Waals surface area contributed by atoms with Crippen molar-refractivity contribution in [2.24, 2.45) is 5.73 Å². The number of halogens is 1. The summed E-state index contributed by atoms with van der Waals surface area (Å²) in [7, 11) is 0. The summed E-state index contributed by atoms with van der Waals surface area (Å²) in [5.41, 5.74) is 6.26. The number of piperazine rings is 1. The van der Waals surface area contributed by atoms with Gasteiger partial charge in [0.15, 0.2) is 6.61 Å². The summed E-state index contributed by atoms with van der Waals surface area (Å²) in [5, 5.41) is 3.24. The Morgan fingerprint density at radius 1 is 1.23 bits per heavy atom. The molecule has 136 valence electrons. The van der Waals surface area contributed by atoms with Crippen LogP contribution in [0.4, 0.5) is 4.39 Å². The molecule has 0 spiro atoms. The quantitative estimate of drug-likeness (QED) is 0.849. The van der Waals surface area contributed by atoms with Gasteiger partial charge in [0.1, 0.15) is 11.6 Å². The first kappa shape index (κ1) is 17.9. The van der Waals surface area contributed by atoms with Crippen LogP contribution in [0.15, 0.2) is 48.5 Å². The second-order valence-corrected chi connectivity index (χ2v) is 6.06. The SMILES string of the molecule is NC(=O)COc1cccc(C(=O)N2CCNCC2c2cccc(F)c2)c1. The Hall–Kier alpha value is -2.93. The van der Waals surface area contributed by atoms with Crippen LogP contribution in [0.3, 0.4) is 0 Å². The Morgan fingerprint density at radius 2 is 2.04 bits per heavy atom. The first-order valence-corrected chi connectivity index (χ1v) is 8.33. The van der Waals surface area contributed by atoms with E-state index in [9.17, 15) is 14.0 Å². The van der Waals surface area contributed by atoms with Crippen LogP contribution in [0.25, 0.3) is 0 Å². The Labute approximate surface area is 150 Å². The van der Waals surface area contributed by atoms with Crippen molar-refractivity contribution in [1.29, 1.82) is 0 Å². The predicted octanol–water partition coefficient (Wildman–Crippen LogP) is 1.48. The van der Waals surface area contributed by atoms with E-state index in [0.717, 1.165) is 5.56 Å². The topological polar surface area (TPSA) is 84.7 Å². The first-order valence-electron chi connectivity index (χ1n) is 8.33. The molecule has 1 aliphatic rings. The number of nitrogens with zero attached hydrogens (tertiary/aromatic N) is 1. The van der Waals surface area contributed by atoms with Gasteiger partial charge < -0.3 is 20.7 Å². The highest BCUT2D eigenvalue weighted by Crippen LogP contribution is 2.25. The summed E-state index contributed by atoms with van der Waals surface area (Å²) >= 11 is 0. The maximum atomic E-state index is 13.6. The first-order chi connectivity index (χ1) is 12.5. The van der Waals surface area contributed by atoms with Gasteiger partial charge >= 0.3 is 0 Å². The van der Waals surface area contributed by atoms with Gasteiger partial charge in [0.2, 0.25) is 0 Å². The van der Waals surface area contributed by atoms with Gasteiger partial charge in [-0.3, -0.25) is 9.59 Å². The number of rotatable bonds is 5. The second kappa shape index (κ2) is 7.97. The summed E-state index contributed by atoms with van der Waals surface area (Å²) in [4.78, 5) is 25.6. The summed E-state index contributed by atoms with van der Waals surface area (Å²) in [5.74, 6) is -0.699. The van der Waals surface area contributed by atoms with Gasteiger partial charge in [0.25, 0.3) is 11.8 Å². The van der Waals surface area contributed by atoms with Crippen molar-refractivity contribution in [3.8, 4) is 5.75 Å².